The van der Waals surface area contributed by atoms with Crippen molar-refractivity contribution >= 4 is 5.97 Å². The number of nitrogens with one attached hydrogen (secondary N) is 1. The van der Waals surface area contributed by atoms with E-state index in [4.69, 9.17) is 4.11 Å². The molecule has 0 aromatic heterocycles. The van der Waals surface area contributed by atoms with Gasteiger partial charge in [0.2, 0.25) is 0 Å². The molecule has 0 saturated carbocycles. The molecule has 36 valence electrons. The average molecular weight is 92.1 g/mol. The fourth-order valence-electron chi connectivity index (χ4n) is 0.0719. The molecule has 0 rings (SSSR count). The summed E-state index contributed by atoms with van der Waals surface area (Å²) in [6.45, 7) is -1.30. The SMILES string of the molecule is [2H]C([2H])([2H])NOC(C)=O. The van der Waals surface area contributed by atoms with Crippen molar-refractivity contribution in [2.45, 2.75) is 6.92 Å². The van der Waals surface area contributed by atoms with E-state index >= 15 is 0 Å². The van der Waals surface area contributed by atoms with Crippen molar-refractivity contribution < 1.29 is 13.7 Å². The predicted molar refractivity (Wildman–Crippen MR) is 20.8 cm³/mol. The van der Waals surface area contributed by atoms with Crippen molar-refractivity contribution in [2.75, 3.05) is 6.98 Å². The van der Waals surface area contributed by atoms with Crippen LogP contribution in [0.25, 0.3) is 0 Å². The number of hydroxylamine groups is 1. The van der Waals surface area contributed by atoms with Gasteiger partial charge < -0.3 is 4.84 Å². The Labute approximate surface area is 40.5 Å². The summed E-state index contributed by atoms with van der Waals surface area (Å²) in [5.41, 5.74) is 1.57. The summed E-state index contributed by atoms with van der Waals surface area (Å²) in [5, 5.41) is 0. The van der Waals surface area contributed by atoms with Crippen LogP contribution in [0.3, 0.4) is 0 Å². The molecule has 0 amide bonds. The molecular formula is C3H7NO2. The van der Waals surface area contributed by atoms with Gasteiger partial charge in [0.15, 0.2) is 0 Å². The Bertz CT molecular complexity index is 110. The molecule has 3 nitrogen and oxygen atoms in total. The van der Waals surface area contributed by atoms with Gasteiger partial charge in [0.05, 0.1) is 0 Å². The summed E-state index contributed by atoms with van der Waals surface area (Å²) >= 11 is 0. The maximum atomic E-state index is 9.96. The van der Waals surface area contributed by atoms with E-state index in [9.17, 15) is 4.79 Å². The number of hydrogen-bond acceptors (Lipinski definition) is 3. The van der Waals surface area contributed by atoms with Gasteiger partial charge in [-0.1, -0.05) is 0 Å². The summed E-state index contributed by atoms with van der Waals surface area (Å²) in [4.78, 5) is 13.9. The van der Waals surface area contributed by atoms with E-state index in [1.54, 1.807) is 5.48 Å². The molecule has 0 aromatic carbocycles. The van der Waals surface area contributed by atoms with Crippen LogP contribution in [0.5, 0.6) is 0 Å². The lowest BCUT2D eigenvalue weighted by Gasteiger charge is -1.90. The zero-order valence-corrected chi connectivity index (χ0v) is 3.32. The van der Waals surface area contributed by atoms with Crippen LogP contribution >= 0.6 is 0 Å². The molecular weight excluding hydrogens is 82.0 g/mol. The molecule has 0 atom stereocenters. The van der Waals surface area contributed by atoms with E-state index in [-0.39, 0.29) is 0 Å². The van der Waals surface area contributed by atoms with E-state index in [1.165, 1.54) is 0 Å². The quantitative estimate of drug-likeness (QED) is 0.451. The summed E-state index contributed by atoms with van der Waals surface area (Å²) in [7, 11) is 0. The standard InChI is InChI=1S/C3H7NO2/c1-3(5)6-4-2/h4H,1-2H3/i2D3. The van der Waals surface area contributed by atoms with Crippen molar-refractivity contribution in [1.82, 2.24) is 5.48 Å². The highest BCUT2D eigenvalue weighted by Crippen LogP contribution is 1.60. The Balaban J connectivity index is 3.39. The van der Waals surface area contributed by atoms with E-state index < -0.39 is 12.9 Å². The number of hydrogen-bond donors (Lipinski definition) is 1. The first kappa shape index (κ1) is 1.93. The first-order valence-corrected chi connectivity index (χ1v) is 1.36. The van der Waals surface area contributed by atoms with Crippen molar-refractivity contribution in [3.63, 3.8) is 0 Å². The van der Waals surface area contributed by atoms with Crippen molar-refractivity contribution in [3.05, 3.63) is 0 Å². The highest BCUT2D eigenvalue weighted by Gasteiger charge is 1.81. The summed E-state index contributed by atoms with van der Waals surface area (Å²) in [5.74, 6) is -0.675. The molecule has 0 bridgehead atoms. The second kappa shape index (κ2) is 2.66. The number of carbonyl (C=O) groups excluding carboxylic acids is 1. The van der Waals surface area contributed by atoms with Crippen LogP contribution in [-0.2, 0) is 9.63 Å². The minimum absolute atomic E-state index is 0.675. The number of carbonyl (C=O) groups is 1. The molecule has 0 fully saturated rings. The third-order valence-corrected chi connectivity index (χ3v) is 0.195. The van der Waals surface area contributed by atoms with E-state index in [1.807, 2.05) is 0 Å². The molecule has 3 heteroatoms. The van der Waals surface area contributed by atoms with Crippen LogP contribution in [0.15, 0.2) is 0 Å². The molecule has 0 aliphatic heterocycles. The molecule has 0 spiro atoms. The molecule has 0 aromatic rings. The summed E-state index contributed by atoms with van der Waals surface area (Å²) in [6, 6.07) is 0. The maximum Gasteiger partial charge on any atom is 0.321 e. The lowest BCUT2D eigenvalue weighted by Crippen LogP contribution is -2.10. The van der Waals surface area contributed by atoms with Gasteiger partial charge in [0.25, 0.3) is 0 Å². The summed E-state index contributed by atoms with van der Waals surface area (Å²) < 4.78 is 19.4. The maximum absolute atomic E-state index is 9.96. The van der Waals surface area contributed by atoms with E-state index in [2.05, 4.69) is 4.84 Å². The third kappa shape index (κ3) is 3.43. The van der Waals surface area contributed by atoms with Crippen LogP contribution in [0.1, 0.15) is 11.0 Å². The Morgan fingerprint density at radius 1 is 2.17 bits per heavy atom. The van der Waals surface area contributed by atoms with Gasteiger partial charge in [0, 0.05) is 18.0 Å². The van der Waals surface area contributed by atoms with Crippen LogP contribution in [0.4, 0.5) is 0 Å². The first-order chi connectivity index (χ1) is 3.92. The minimum Gasteiger partial charge on any atom is -0.371 e. The first-order valence-electron chi connectivity index (χ1n) is 2.86. The Hall–Kier alpha value is -0.570. The molecule has 0 radical (unpaired) electrons. The second-order valence-electron chi connectivity index (χ2n) is 0.696. The highest BCUT2D eigenvalue weighted by atomic mass is 16.7. The van der Waals surface area contributed by atoms with Crippen LogP contribution in [0, 0.1) is 0 Å². The lowest BCUT2D eigenvalue weighted by atomic mass is 10.8. The molecule has 0 aliphatic rings. The largest absolute Gasteiger partial charge is 0.371 e. The monoisotopic (exact) mass is 92.1 g/mol. The predicted octanol–water partition coefficient (Wildman–Crippen LogP) is -0.316. The molecule has 0 unspecified atom stereocenters. The van der Waals surface area contributed by atoms with Gasteiger partial charge in [-0.15, -0.1) is 0 Å². The Morgan fingerprint density at radius 2 is 2.83 bits per heavy atom. The van der Waals surface area contributed by atoms with Crippen molar-refractivity contribution in [1.29, 1.82) is 0 Å². The molecule has 0 aliphatic carbocycles. The molecule has 0 saturated heterocycles. The highest BCUT2D eigenvalue weighted by molar-refractivity contribution is 5.65. The van der Waals surface area contributed by atoms with Crippen molar-refractivity contribution in [2.24, 2.45) is 0 Å². The van der Waals surface area contributed by atoms with E-state index in [0.717, 1.165) is 6.92 Å². The minimum atomic E-state index is -2.41. The summed E-state index contributed by atoms with van der Waals surface area (Å²) in [6.07, 6.45) is 0. The van der Waals surface area contributed by atoms with Gasteiger partial charge in [0.1, 0.15) is 0 Å². The average Bonchev–Trinajstić information content (AvgIpc) is 1.59. The van der Waals surface area contributed by atoms with Gasteiger partial charge in [-0.25, -0.2) is 0 Å². The fraction of sp³-hybridized carbons (Fsp3) is 0.667. The third-order valence-electron chi connectivity index (χ3n) is 0.195. The zero-order chi connectivity index (χ0) is 7.49. The fourth-order valence-corrected chi connectivity index (χ4v) is 0.0719. The second-order valence-corrected chi connectivity index (χ2v) is 0.696. The molecule has 1 N–H and O–H groups in total. The van der Waals surface area contributed by atoms with Crippen LogP contribution < -0.4 is 5.48 Å². The van der Waals surface area contributed by atoms with Crippen molar-refractivity contribution in [3.8, 4) is 0 Å². The Morgan fingerprint density at radius 3 is 3.00 bits per heavy atom. The van der Waals surface area contributed by atoms with Gasteiger partial charge >= 0.3 is 5.97 Å². The topological polar surface area (TPSA) is 38.3 Å². The lowest BCUT2D eigenvalue weighted by molar-refractivity contribution is -0.147. The normalized spacial score (nSPS) is 17.2. The molecule has 6 heavy (non-hydrogen) atoms. The van der Waals surface area contributed by atoms with Gasteiger partial charge in [-0.05, 0) is 0 Å². The van der Waals surface area contributed by atoms with Crippen LogP contribution in [0.2, 0.25) is 0 Å². The van der Waals surface area contributed by atoms with Gasteiger partial charge in [-0.3, -0.25) is 4.79 Å². The Kier molecular flexibility index (Phi) is 0.854. The van der Waals surface area contributed by atoms with E-state index in [0.29, 0.717) is 0 Å². The van der Waals surface area contributed by atoms with Crippen LogP contribution in [-0.4, -0.2) is 12.9 Å². The van der Waals surface area contributed by atoms with Gasteiger partial charge in [-0.2, -0.15) is 5.48 Å². The zero-order valence-electron chi connectivity index (χ0n) is 6.32. The number of rotatable bonds is 1. The smallest absolute Gasteiger partial charge is 0.321 e. The molecule has 0 heterocycles.